The van der Waals surface area contributed by atoms with E-state index in [2.05, 4.69) is 9.97 Å². The molecule has 0 radical (unpaired) electrons. The van der Waals surface area contributed by atoms with Crippen LogP contribution in [0.2, 0.25) is 0 Å². The monoisotopic (exact) mass is 214 g/mol. The van der Waals surface area contributed by atoms with Crippen LogP contribution in [0.3, 0.4) is 0 Å². The average molecular weight is 214 g/mol. The maximum absolute atomic E-state index is 13.5. The van der Waals surface area contributed by atoms with Crippen molar-refractivity contribution in [1.82, 2.24) is 9.97 Å². The van der Waals surface area contributed by atoms with E-state index in [-0.39, 0.29) is 11.7 Å². The van der Waals surface area contributed by atoms with Crippen LogP contribution < -0.4 is 0 Å². The van der Waals surface area contributed by atoms with Crippen molar-refractivity contribution in [1.29, 1.82) is 0 Å². The molecule has 3 aromatic rings. The largest absolute Gasteiger partial charge is 0.436 e. The SMILES string of the molecule is Fc1ccccc1-c1nc2cnccc2o1. The summed E-state index contributed by atoms with van der Waals surface area (Å²) in [5, 5.41) is 0. The van der Waals surface area contributed by atoms with Crippen LogP contribution in [0, 0.1) is 5.82 Å². The predicted octanol–water partition coefficient (Wildman–Crippen LogP) is 3.03. The van der Waals surface area contributed by atoms with Crippen LogP contribution >= 0.6 is 0 Å². The number of rotatable bonds is 1. The predicted molar refractivity (Wildman–Crippen MR) is 57.2 cm³/mol. The van der Waals surface area contributed by atoms with Gasteiger partial charge in [0.15, 0.2) is 5.58 Å². The molecule has 0 aliphatic heterocycles. The summed E-state index contributed by atoms with van der Waals surface area (Å²) in [5.41, 5.74) is 1.59. The van der Waals surface area contributed by atoms with Gasteiger partial charge in [-0.2, -0.15) is 0 Å². The molecule has 0 aliphatic carbocycles. The summed E-state index contributed by atoms with van der Waals surface area (Å²) in [6, 6.07) is 8.08. The van der Waals surface area contributed by atoms with Crippen LogP contribution in [0.1, 0.15) is 0 Å². The molecule has 0 amide bonds. The normalized spacial score (nSPS) is 10.8. The first-order valence-corrected chi connectivity index (χ1v) is 4.80. The topological polar surface area (TPSA) is 38.9 Å². The van der Waals surface area contributed by atoms with Gasteiger partial charge in [-0.3, -0.25) is 4.98 Å². The average Bonchev–Trinajstić information content (AvgIpc) is 2.73. The fourth-order valence-electron chi connectivity index (χ4n) is 1.53. The van der Waals surface area contributed by atoms with E-state index < -0.39 is 0 Å². The van der Waals surface area contributed by atoms with Crippen LogP contribution in [-0.4, -0.2) is 9.97 Å². The highest BCUT2D eigenvalue weighted by molar-refractivity contribution is 5.74. The maximum Gasteiger partial charge on any atom is 0.230 e. The second-order valence-electron chi connectivity index (χ2n) is 3.34. The van der Waals surface area contributed by atoms with Gasteiger partial charge in [-0.05, 0) is 12.1 Å². The van der Waals surface area contributed by atoms with Crippen molar-refractivity contribution in [2.75, 3.05) is 0 Å². The van der Waals surface area contributed by atoms with E-state index in [4.69, 9.17) is 4.42 Å². The Hall–Kier alpha value is -2.23. The summed E-state index contributed by atoms with van der Waals surface area (Å²) in [6.07, 6.45) is 3.20. The molecule has 2 heterocycles. The highest BCUT2D eigenvalue weighted by Gasteiger charge is 2.11. The molecule has 3 rings (SSSR count). The first kappa shape index (κ1) is 9.03. The van der Waals surface area contributed by atoms with E-state index in [9.17, 15) is 4.39 Å². The van der Waals surface area contributed by atoms with E-state index in [0.717, 1.165) is 0 Å². The van der Waals surface area contributed by atoms with Crippen molar-refractivity contribution in [3.63, 3.8) is 0 Å². The number of pyridine rings is 1. The third-order valence-electron chi connectivity index (χ3n) is 2.29. The quantitative estimate of drug-likeness (QED) is 0.625. The van der Waals surface area contributed by atoms with Gasteiger partial charge in [0.25, 0.3) is 0 Å². The van der Waals surface area contributed by atoms with Gasteiger partial charge in [-0.15, -0.1) is 0 Å². The van der Waals surface area contributed by atoms with Crippen LogP contribution in [-0.2, 0) is 0 Å². The van der Waals surface area contributed by atoms with Crippen molar-refractivity contribution >= 4 is 11.1 Å². The Morgan fingerprint density at radius 1 is 1.12 bits per heavy atom. The van der Waals surface area contributed by atoms with E-state index in [1.54, 1.807) is 36.7 Å². The van der Waals surface area contributed by atoms with Crippen LogP contribution in [0.15, 0.2) is 47.1 Å². The minimum Gasteiger partial charge on any atom is -0.436 e. The summed E-state index contributed by atoms with van der Waals surface area (Å²) in [6.45, 7) is 0. The maximum atomic E-state index is 13.5. The van der Waals surface area contributed by atoms with Gasteiger partial charge in [-0.25, -0.2) is 9.37 Å². The van der Waals surface area contributed by atoms with Gasteiger partial charge in [0.1, 0.15) is 11.3 Å². The van der Waals surface area contributed by atoms with Crippen molar-refractivity contribution < 1.29 is 8.81 Å². The Kier molecular flexibility index (Phi) is 1.93. The first-order valence-electron chi connectivity index (χ1n) is 4.80. The molecule has 0 fully saturated rings. The van der Waals surface area contributed by atoms with Crippen LogP contribution in [0.5, 0.6) is 0 Å². The molecule has 0 bridgehead atoms. The number of hydrogen-bond donors (Lipinski definition) is 0. The summed E-state index contributed by atoms with van der Waals surface area (Å²) in [5.74, 6) is -0.0666. The number of hydrogen-bond acceptors (Lipinski definition) is 3. The van der Waals surface area contributed by atoms with Crippen molar-refractivity contribution in [3.8, 4) is 11.5 Å². The standard InChI is InChI=1S/C12H7FN2O/c13-9-4-2-1-3-8(9)12-15-10-7-14-6-5-11(10)16-12/h1-7H. The lowest BCUT2D eigenvalue weighted by molar-refractivity contribution is 0.593. The van der Waals surface area contributed by atoms with Gasteiger partial charge < -0.3 is 4.42 Å². The molecule has 4 heteroatoms. The fraction of sp³-hybridized carbons (Fsp3) is 0. The lowest BCUT2D eigenvalue weighted by atomic mass is 10.2. The second-order valence-corrected chi connectivity index (χ2v) is 3.34. The molecule has 0 atom stereocenters. The molecule has 0 aliphatic rings. The summed E-state index contributed by atoms with van der Waals surface area (Å²) in [7, 11) is 0. The number of benzene rings is 1. The number of aromatic nitrogens is 2. The Morgan fingerprint density at radius 2 is 2.00 bits per heavy atom. The number of halogens is 1. The molecular formula is C12H7FN2O. The molecule has 0 N–H and O–H groups in total. The van der Waals surface area contributed by atoms with Gasteiger partial charge in [-0.1, -0.05) is 12.1 Å². The molecule has 0 saturated heterocycles. The molecule has 0 unspecified atom stereocenters. The van der Waals surface area contributed by atoms with Crippen molar-refractivity contribution in [2.45, 2.75) is 0 Å². The second kappa shape index (κ2) is 3.41. The van der Waals surface area contributed by atoms with Crippen LogP contribution in [0.25, 0.3) is 22.6 Å². The third-order valence-corrected chi connectivity index (χ3v) is 2.29. The third kappa shape index (κ3) is 1.35. The smallest absolute Gasteiger partial charge is 0.230 e. The Bertz CT molecular complexity index is 615. The molecular weight excluding hydrogens is 207 g/mol. The van der Waals surface area contributed by atoms with E-state index in [1.165, 1.54) is 6.07 Å². The minimum atomic E-state index is -0.345. The summed E-state index contributed by atoms with van der Waals surface area (Å²) >= 11 is 0. The minimum absolute atomic E-state index is 0.279. The Labute approximate surface area is 90.6 Å². The fourth-order valence-corrected chi connectivity index (χ4v) is 1.53. The van der Waals surface area contributed by atoms with Gasteiger partial charge in [0, 0.05) is 12.3 Å². The Balaban J connectivity index is 2.23. The summed E-state index contributed by atoms with van der Waals surface area (Å²) in [4.78, 5) is 8.10. The zero-order valence-corrected chi connectivity index (χ0v) is 8.22. The molecule has 2 aromatic heterocycles. The molecule has 78 valence electrons. The number of fused-ring (bicyclic) bond motifs is 1. The number of nitrogens with zero attached hydrogens (tertiary/aromatic N) is 2. The molecule has 1 aromatic carbocycles. The molecule has 3 nitrogen and oxygen atoms in total. The lowest BCUT2D eigenvalue weighted by Gasteiger charge is -1.95. The zero-order chi connectivity index (χ0) is 11.0. The van der Waals surface area contributed by atoms with Gasteiger partial charge in [0.2, 0.25) is 5.89 Å². The summed E-state index contributed by atoms with van der Waals surface area (Å²) < 4.78 is 18.9. The van der Waals surface area contributed by atoms with Crippen molar-refractivity contribution in [3.05, 3.63) is 48.5 Å². The Morgan fingerprint density at radius 3 is 2.81 bits per heavy atom. The van der Waals surface area contributed by atoms with Crippen molar-refractivity contribution in [2.24, 2.45) is 0 Å². The van der Waals surface area contributed by atoms with Gasteiger partial charge >= 0.3 is 0 Å². The van der Waals surface area contributed by atoms with E-state index >= 15 is 0 Å². The van der Waals surface area contributed by atoms with E-state index in [1.807, 2.05) is 0 Å². The molecule has 0 saturated carbocycles. The van der Waals surface area contributed by atoms with Crippen LogP contribution in [0.4, 0.5) is 4.39 Å². The van der Waals surface area contributed by atoms with E-state index in [0.29, 0.717) is 16.7 Å². The first-order chi connectivity index (χ1) is 7.84. The zero-order valence-electron chi connectivity index (χ0n) is 8.22. The van der Waals surface area contributed by atoms with Gasteiger partial charge in [0.05, 0.1) is 11.8 Å². The highest BCUT2D eigenvalue weighted by atomic mass is 19.1. The lowest BCUT2D eigenvalue weighted by Crippen LogP contribution is -1.82. The highest BCUT2D eigenvalue weighted by Crippen LogP contribution is 2.25. The number of oxazole rings is 1. The molecule has 0 spiro atoms. The molecule has 16 heavy (non-hydrogen) atoms.